The smallest absolute Gasteiger partial charge is 0.130 e. The van der Waals surface area contributed by atoms with Crippen molar-refractivity contribution in [1.29, 1.82) is 0 Å². The molecule has 1 unspecified atom stereocenters. The van der Waals surface area contributed by atoms with Crippen molar-refractivity contribution in [3.05, 3.63) is 59.5 Å². The Morgan fingerprint density at radius 2 is 2.08 bits per heavy atom. The highest BCUT2D eigenvalue weighted by molar-refractivity contribution is 5.42. The molecule has 1 aromatic heterocycles. The van der Waals surface area contributed by atoms with Gasteiger partial charge in [0.1, 0.15) is 11.6 Å². The van der Waals surface area contributed by atoms with Crippen LogP contribution < -0.4 is 5.32 Å². The highest BCUT2D eigenvalue weighted by Crippen LogP contribution is 2.19. The van der Waals surface area contributed by atoms with Gasteiger partial charge < -0.3 is 10.1 Å². The van der Waals surface area contributed by atoms with Gasteiger partial charge in [0.25, 0.3) is 0 Å². The Labute approximate surface area is 142 Å². The molecule has 1 fully saturated rings. The summed E-state index contributed by atoms with van der Waals surface area (Å²) in [5, 5.41) is 3.15. The number of benzene rings is 1. The van der Waals surface area contributed by atoms with Crippen LogP contribution in [0.25, 0.3) is 0 Å². The van der Waals surface area contributed by atoms with E-state index in [-0.39, 0.29) is 11.9 Å². The van der Waals surface area contributed by atoms with Crippen molar-refractivity contribution in [2.24, 2.45) is 0 Å². The van der Waals surface area contributed by atoms with Crippen LogP contribution in [0.1, 0.15) is 24.0 Å². The molecular formula is C19H24FN3O. The van der Waals surface area contributed by atoms with Crippen LogP contribution in [0, 0.1) is 5.82 Å². The van der Waals surface area contributed by atoms with E-state index in [1.165, 1.54) is 12.1 Å². The molecule has 1 aliphatic rings. The summed E-state index contributed by atoms with van der Waals surface area (Å²) in [6.45, 7) is 3.26. The molecule has 4 nitrogen and oxygen atoms in total. The van der Waals surface area contributed by atoms with Gasteiger partial charge in [-0.15, -0.1) is 0 Å². The van der Waals surface area contributed by atoms with E-state index < -0.39 is 0 Å². The largest absolute Gasteiger partial charge is 0.377 e. The predicted molar refractivity (Wildman–Crippen MR) is 93.3 cm³/mol. The minimum atomic E-state index is -0.200. The SMILES string of the molecule is CNc1ncccc1CN(Cc1ccc(F)cc1)CC1CCCO1. The van der Waals surface area contributed by atoms with E-state index >= 15 is 0 Å². The van der Waals surface area contributed by atoms with E-state index in [4.69, 9.17) is 4.74 Å². The molecule has 0 radical (unpaired) electrons. The number of hydrogen-bond acceptors (Lipinski definition) is 4. The van der Waals surface area contributed by atoms with Crippen LogP contribution in [-0.2, 0) is 17.8 Å². The monoisotopic (exact) mass is 329 g/mol. The minimum absolute atomic E-state index is 0.200. The number of rotatable bonds is 7. The third kappa shape index (κ3) is 4.52. The zero-order valence-corrected chi connectivity index (χ0v) is 14.0. The Kier molecular flexibility index (Phi) is 5.77. The van der Waals surface area contributed by atoms with Gasteiger partial charge in [-0.25, -0.2) is 9.37 Å². The Morgan fingerprint density at radius 1 is 1.25 bits per heavy atom. The molecule has 1 aromatic carbocycles. The molecule has 1 aliphatic heterocycles. The zero-order chi connectivity index (χ0) is 16.8. The number of nitrogens with one attached hydrogen (secondary N) is 1. The molecule has 128 valence electrons. The van der Waals surface area contributed by atoms with E-state index in [0.29, 0.717) is 0 Å². The summed E-state index contributed by atoms with van der Waals surface area (Å²) in [5.41, 5.74) is 2.25. The lowest BCUT2D eigenvalue weighted by Crippen LogP contribution is -2.31. The van der Waals surface area contributed by atoms with Gasteiger partial charge in [-0.05, 0) is 36.6 Å². The molecule has 0 saturated carbocycles. The maximum Gasteiger partial charge on any atom is 0.130 e. The summed E-state index contributed by atoms with van der Waals surface area (Å²) in [5.74, 6) is 0.697. The number of aromatic nitrogens is 1. The number of halogens is 1. The number of nitrogens with zero attached hydrogens (tertiary/aromatic N) is 2. The first-order valence-corrected chi connectivity index (χ1v) is 8.44. The number of anilines is 1. The van der Waals surface area contributed by atoms with Crippen molar-refractivity contribution < 1.29 is 9.13 Å². The minimum Gasteiger partial charge on any atom is -0.377 e. The molecule has 2 heterocycles. The van der Waals surface area contributed by atoms with Crippen LogP contribution in [0.15, 0.2) is 42.6 Å². The lowest BCUT2D eigenvalue weighted by Gasteiger charge is -2.26. The van der Waals surface area contributed by atoms with E-state index in [0.717, 1.165) is 56.0 Å². The lowest BCUT2D eigenvalue weighted by molar-refractivity contribution is 0.0679. The van der Waals surface area contributed by atoms with Crippen molar-refractivity contribution in [3.63, 3.8) is 0 Å². The molecule has 0 amide bonds. The first-order valence-electron chi connectivity index (χ1n) is 8.44. The third-order valence-corrected chi connectivity index (χ3v) is 4.33. The number of hydrogen-bond donors (Lipinski definition) is 1. The van der Waals surface area contributed by atoms with E-state index in [1.54, 1.807) is 6.20 Å². The predicted octanol–water partition coefficient (Wildman–Crippen LogP) is 3.44. The van der Waals surface area contributed by atoms with Crippen molar-refractivity contribution in [1.82, 2.24) is 9.88 Å². The van der Waals surface area contributed by atoms with Crippen LogP contribution in [0.2, 0.25) is 0 Å². The Morgan fingerprint density at radius 3 is 2.79 bits per heavy atom. The fourth-order valence-electron chi connectivity index (χ4n) is 3.14. The van der Waals surface area contributed by atoms with Gasteiger partial charge in [-0.1, -0.05) is 18.2 Å². The van der Waals surface area contributed by atoms with E-state index in [2.05, 4.69) is 21.3 Å². The van der Waals surface area contributed by atoms with Gasteiger partial charge in [0, 0.05) is 45.0 Å². The van der Waals surface area contributed by atoms with Crippen LogP contribution >= 0.6 is 0 Å². The summed E-state index contributed by atoms with van der Waals surface area (Å²) in [7, 11) is 1.89. The normalized spacial score (nSPS) is 17.4. The highest BCUT2D eigenvalue weighted by Gasteiger charge is 2.20. The molecule has 0 bridgehead atoms. The fourth-order valence-corrected chi connectivity index (χ4v) is 3.14. The number of ether oxygens (including phenoxy) is 1. The molecule has 1 saturated heterocycles. The molecule has 0 aliphatic carbocycles. The molecule has 24 heavy (non-hydrogen) atoms. The second-order valence-corrected chi connectivity index (χ2v) is 6.19. The van der Waals surface area contributed by atoms with E-state index in [9.17, 15) is 4.39 Å². The molecular weight excluding hydrogens is 305 g/mol. The Balaban J connectivity index is 1.74. The van der Waals surface area contributed by atoms with Gasteiger partial charge in [0.15, 0.2) is 0 Å². The molecule has 0 spiro atoms. The van der Waals surface area contributed by atoms with Gasteiger partial charge in [0.2, 0.25) is 0 Å². The molecule has 2 aromatic rings. The standard InChI is InChI=1S/C19H24FN3O/c1-21-19-16(4-2-10-22-19)13-23(14-18-5-3-11-24-18)12-15-6-8-17(20)9-7-15/h2,4,6-10,18H,3,5,11-14H2,1H3,(H,21,22). The summed E-state index contributed by atoms with van der Waals surface area (Å²) in [6, 6.07) is 10.8. The topological polar surface area (TPSA) is 37.4 Å². The highest BCUT2D eigenvalue weighted by atomic mass is 19.1. The van der Waals surface area contributed by atoms with Crippen LogP contribution in [-0.4, -0.2) is 36.2 Å². The number of pyridine rings is 1. The second kappa shape index (κ2) is 8.22. The van der Waals surface area contributed by atoms with Gasteiger partial charge >= 0.3 is 0 Å². The zero-order valence-electron chi connectivity index (χ0n) is 14.0. The first kappa shape index (κ1) is 16.9. The molecule has 3 rings (SSSR count). The summed E-state index contributed by atoms with van der Waals surface area (Å²) in [4.78, 5) is 6.73. The fraction of sp³-hybridized carbons (Fsp3) is 0.421. The second-order valence-electron chi connectivity index (χ2n) is 6.19. The average Bonchev–Trinajstić information content (AvgIpc) is 3.10. The van der Waals surface area contributed by atoms with Crippen LogP contribution in [0.4, 0.5) is 10.2 Å². The Hall–Kier alpha value is -1.98. The van der Waals surface area contributed by atoms with E-state index in [1.807, 2.05) is 25.2 Å². The Bertz CT molecular complexity index is 641. The van der Waals surface area contributed by atoms with Gasteiger partial charge in [-0.3, -0.25) is 4.90 Å². The van der Waals surface area contributed by atoms with Gasteiger partial charge in [-0.2, -0.15) is 0 Å². The quantitative estimate of drug-likeness (QED) is 0.844. The first-order chi connectivity index (χ1) is 11.7. The van der Waals surface area contributed by atoms with Crippen LogP contribution in [0.3, 0.4) is 0 Å². The van der Waals surface area contributed by atoms with Crippen molar-refractivity contribution in [3.8, 4) is 0 Å². The molecule has 1 N–H and O–H groups in total. The van der Waals surface area contributed by atoms with Crippen molar-refractivity contribution >= 4 is 5.82 Å². The van der Waals surface area contributed by atoms with Crippen molar-refractivity contribution in [2.75, 3.05) is 25.5 Å². The summed E-state index contributed by atoms with van der Waals surface area (Å²) in [6.07, 6.45) is 4.30. The third-order valence-electron chi connectivity index (χ3n) is 4.33. The molecule has 1 atom stereocenters. The van der Waals surface area contributed by atoms with Crippen molar-refractivity contribution in [2.45, 2.75) is 32.0 Å². The molecule has 5 heteroatoms. The summed E-state index contributed by atoms with van der Waals surface area (Å²) >= 11 is 0. The summed E-state index contributed by atoms with van der Waals surface area (Å²) < 4.78 is 18.9. The lowest BCUT2D eigenvalue weighted by atomic mass is 10.1. The maximum atomic E-state index is 13.1. The maximum absolute atomic E-state index is 13.1. The van der Waals surface area contributed by atoms with Gasteiger partial charge in [0.05, 0.1) is 6.10 Å². The van der Waals surface area contributed by atoms with Crippen LogP contribution in [0.5, 0.6) is 0 Å². The average molecular weight is 329 g/mol.